The summed E-state index contributed by atoms with van der Waals surface area (Å²) >= 11 is 0. The molecule has 2 rings (SSSR count). The minimum Gasteiger partial charge on any atom is -0.396 e. The minimum atomic E-state index is -3.68. The summed E-state index contributed by atoms with van der Waals surface area (Å²) < 4.78 is 40.6. The highest BCUT2D eigenvalue weighted by Gasteiger charge is 2.22. The molecule has 0 amide bonds. The molecule has 1 aromatic carbocycles. The topological polar surface area (TPSA) is 75.4 Å². The number of aryl methyl sites for hydroxylation is 1. The number of nitrogens with two attached hydrogens (primary N) is 1. The second-order valence-corrected chi connectivity index (χ2v) is 7.32. The van der Waals surface area contributed by atoms with Crippen LogP contribution in [0.5, 0.6) is 0 Å². The molecule has 0 aliphatic carbocycles. The van der Waals surface area contributed by atoms with Crippen molar-refractivity contribution in [2.45, 2.75) is 37.6 Å². The zero-order valence-electron chi connectivity index (χ0n) is 12.4. The maximum absolute atomic E-state index is 13.3. The molecule has 0 radical (unpaired) electrons. The van der Waals surface area contributed by atoms with Crippen molar-refractivity contribution in [3.8, 4) is 0 Å². The average Bonchev–Trinajstić information content (AvgIpc) is 2.94. The fraction of sp³-hybridized carbons (Fsp3) is 0.571. The van der Waals surface area contributed by atoms with Gasteiger partial charge in [-0.1, -0.05) is 0 Å². The number of rotatable bonds is 5. The van der Waals surface area contributed by atoms with E-state index < -0.39 is 15.8 Å². The first-order valence-electron chi connectivity index (χ1n) is 7.10. The SMILES string of the molecule is Cc1cc(F)c(N)cc1S(=O)(=O)NCC(C)N1CCCC1. The lowest BCUT2D eigenvalue weighted by molar-refractivity contribution is 0.260. The Hall–Kier alpha value is -1.18. The van der Waals surface area contributed by atoms with Gasteiger partial charge in [0.15, 0.2) is 0 Å². The lowest BCUT2D eigenvalue weighted by atomic mass is 10.2. The summed E-state index contributed by atoms with van der Waals surface area (Å²) in [6, 6.07) is 2.46. The summed E-state index contributed by atoms with van der Waals surface area (Å²) in [7, 11) is -3.68. The summed E-state index contributed by atoms with van der Waals surface area (Å²) in [5, 5.41) is 0. The van der Waals surface area contributed by atoms with Gasteiger partial charge in [0.2, 0.25) is 10.0 Å². The lowest BCUT2D eigenvalue weighted by Gasteiger charge is -2.24. The molecule has 1 fully saturated rings. The van der Waals surface area contributed by atoms with E-state index in [0.717, 1.165) is 32.0 Å². The minimum absolute atomic E-state index is 0.0371. The van der Waals surface area contributed by atoms with Crippen LogP contribution in [-0.2, 0) is 10.0 Å². The fourth-order valence-electron chi connectivity index (χ4n) is 2.58. The molecule has 1 aliphatic heterocycles. The Balaban J connectivity index is 2.09. The van der Waals surface area contributed by atoms with E-state index in [1.54, 1.807) is 6.92 Å². The second-order valence-electron chi connectivity index (χ2n) is 5.58. The molecular weight excluding hydrogens is 293 g/mol. The lowest BCUT2D eigenvalue weighted by Crippen LogP contribution is -2.40. The van der Waals surface area contributed by atoms with Crippen LogP contribution >= 0.6 is 0 Å². The van der Waals surface area contributed by atoms with E-state index in [0.29, 0.717) is 12.1 Å². The number of hydrogen-bond acceptors (Lipinski definition) is 4. The van der Waals surface area contributed by atoms with Crippen molar-refractivity contribution in [1.29, 1.82) is 0 Å². The number of sulfonamides is 1. The third kappa shape index (κ3) is 3.72. The molecule has 1 aromatic rings. The highest BCUT2D eigenvalue weighted by molar-refractivity contribution is 7.89. The number of nitrogens with one attached hydrogen (secondary N) is 1. The third-order valence-corrected chi connectivity index (χ3v) is 5.48. The van der Waals surface area contributed by atoms with Crippen molar-refractivity contribution < 1.29 is 12.8 Å². The molecule has 1 saturated heterocycles. The molecule has 3 N–H and O–H groups in total. The van der Waals surface area contributed by atoms with Gasteiger partial charge in [0, 0.05) is 12.6 Å². The molecule has 0 saturated carbocycles. The molecule has 0 spiro atoms. The van der Waals surface area contributed by atoms with Crippen molar-refractivity contribution in [2.75, 3.05) is 25.4 Å². The van der Waals surface area contributed by atoms with E-state index >= 15 is 0 Å². The molecule has 21 heavy (non-hydrogen) atoms. The molecule has 0 bridgehead atoms. The Morgan fingerprint density at radius 2 is 2.00 bits per heavy atom. The van der Waals surface area contributed by atoms with Gasteiger partial charge >= 0.3 is 0 Å². The predicted molar refractivity (Wildman–Crippen MR) is 81.0 cm³/mol. The van der Waals surface area contributed by atoms with E-state index in [2.05, 4.69) is 9.62 Å². The van der Waals surface area contributed by atoms with Gasteiger partial charge in [0.1, 0.15) is 5.82 Å². The first-order chi connectivity index (χ1) is 9.81. The number of benzene rings is 1. The molecule has 0 aromatic heterocycles. The first-order valence-corrected chi connectivity index (χ1v) is 8.59. The Labute approximate surface area is 125 Å². The molecule has 1 heterocycles. The van der Waals surface area contributed by atoms with Crippen LogP contribution < -0.4 is 10.5 Å². The van der Waals surface area contributed by atoms with Gasteiger partial charge in [-0.05, 0) is 57.5 Å². The number of anilines is 1. The van der Waals surface area contributed by atoms with Crippen LogP contribution in [0.2, 0.25) is 0 Å². The van der Waals surface area contributed by atoms with Gasteiger partial charge in [0.05, 0.1) is 10.6 Å². The maximum atomic E-state index is 13.3. The van der Waals surface area contributed by atoms with Gasteiger partial charge in [0.25, 0.3) is 0 Å². The zero-order valence-corrected chi connectivity index (χ0v) is 13.2. The largest absolute Gasteiger partial charge is 0.396 e. The molecule has 1 aliphatic rings. The van der Waals surface area contributed by atoms with Gasteiger partial charge in [-0.2, -0.15) is 0 Å². The molecule has 5 nitrogen and oxygen atoms in total. The average molecular weight is 315 g/mol. The number of nitrogens with zero attached hydrogens (tertiary/aromatic N) is 1. The monoisotopic (exact) mass is 315 g/mol. The van der Waals surface area contributed by atoms with E-state index in [4.69, 9.17) is 5.73 Å². The normalized spacial score (nSPS) is 18.0. The maximum Gasteiger partial charge on any atom is 0.240 e. The van der Waals surface area contributed by atoms with E-state index in [9.17, 15) is 12.8 Å². The molecule has 7 heteroatoms. The third-order valence-electron chi connectivity index (χ3n) is 3.92. The number of halogens is 1. The smallest absolute Gasteiger partial charge is 0.240 e. The predicted octanol–water partition coefficient (Wildman–Crippen LogP) is 1.48. The number of likely N-dealkylation sites (tertiary alicyclic amines) is 1. The summed E-state index contributed by atoms with van der Waals surface area (Å²) in [5.74, 6) is -0.600. The summed E-state index contributed by atoms with van der Waals surface area (Å²) in [6.07, 6.45) is 2.31. The van der Waals surface area contributed by atoms with Gasteiger partial charge in [-0.15, -0.1) is 0 Å². The van der Waals surface area contributed by atoms with Crippen molar-refractivity contribution in [2.24, 2.45) is 0 Å². The molecule has 1 atom stereocenters. The Morgan fingerprint density at radius 1 is 1.38 bits per heavy atom. The van der Waals surface area contributed by atoms with Crippen LogP contribution in [0, 0.1) is 12.7 Å². The molecule has 1 unspecified atom stereocenters. The fourth-order valence-corrected chi connectivity index (χ4v) is 3.96. The summed E-state index contributed by atoms with van der Waals surface area (Å²) in [5.41, 5.74) is 5.66. The Kier molecular flexibility index (Phi) is 4.85. The quantitative estimate of drug-likeness (QED) is 0.807. The zero-order chi connectivity index (χ0) is 15.6. The molecular formula is C14H22FN3O2S. The van der Waals surface area contributed by atoms with E-state index in [1.165, 1.54) is 6.07 Å². The summed E-state index contributed by atoms with van der Waals surface area (Å²) in [6.45, 7) is 5.90. The van der Waals surface area contributed by atoms with Crippen molar-refractivity contribution >= 4 is 15.7 Å². The van der Waals surface area contributed by atoms with E-state index in [-0.39, 0.29) is 16.6 Å². The van der Waals surface area contributed by atoms with Crippen molar-refractivity contribution in [1.82, 2.24) is 9.62 Å². The van der Waals surface area contributed by atoms with Crippen LogP contribution in [0.15, 0.2) is 17.0 Å². The van der Waals surface area contributed by atoms with Crippen LogP contribution in [0.25, 0.3) is 0 Å². The van der Waals surface area contributed by atoms with Gasteiger partial charge in [-0.3, -0.25) is 4.90 Å². The highest BCUT2D eigenvalue weighted by Crippen LogP contribution is 2.21. The van der Waals surface area contributed by atoms with Crippen LogP contribution in [0.1, 0.15) is 25.3 Å². The number of nitrogen functional groups attached to an aromatic ring is 1. The Bertz CT molecular complexity index is 613. The van der Waals surface area contributed by atoms with Crippen LogP contribution in [0.3, 0.4) is 0 Å². The van der Waals surface area contributed by atoms with E-state index in [1.807, 2.05) is 6.92 Å². The first kappa shape index (κ1) is 16.2. The Morgan fingerprint density at radius 3 is 2.62 bits per heavy atom. The summed E-state index contributed by atoms with van der Waals surface area (Å²) in [4.78, 5) is 2.30. The van der Waals surface area contributed by atoms with Crippen LogP contribution in [-0.4, -0.2) is 39.0 Å². The molecule has 118 valence electrons. The van der Waals surface area contributed by atoms with Crippen LogP contribution in [0.4, 0.5) is 10.1 Å². The second kappa shape index (κ2) is 6.29. The number of hydrogen-bond donors (Lipinski definition) is 2. The van der Waals surface area contributed by atoms with Crippen molar-refractivity contribution in [3.63, 3.8) is 0 Å². The highest BCUT2D eigenvalue weighted by atomic mass is 32.2. The van der Waals surface area contributed by atoms with Gasteiger partial charge < -0.3 is 5.73 Å². The standard InChI is InChI=1S/C14H22FN3O2S/c1-10-7-12(15)13(16)8-14(10)21(19,20)17-9-11(2)18-5-3-4-6-18/h7-8,11,17H,3-6,9,16H2,1-2H3. The van der Waals surface area contributed by atoms with Crippen molar-refractivity contribution in [3.05, 3.63) is 23.5 Å². The van der Waals surface area contributed by atoms with Gasteiger partial charge in [-0.25, -0.2) is 17.5 Å².